The molecule has 0 spiro atoms. The maximum absolute atomic E-state index is 2.48. The zero-order valence-corrected chi connectivity index (χ0v) is 30.6. The molecule has 0 saturated heterocycles. The third kappa shape index (κ3) is 6.10. The lowest BCUT2D eigenvalue weighted by Gasteiger charge is -2.33. The molecule has 1 heteroatoms. The molecule has 1 nitrogen and oxygen atoms in total. The van der Waals surface area contributed by atoms with Gasteiger partial charge in [-0.15, -0.1) is 0 Å². The summed E-state index contributed by atoms with van der Waals surface area (Å²) in [4.78, 5) is 2.48. The van der Waals surface area contributed by atoms with Crippen LogP contribution in [0.2, 0.25) is 0 Å². The molecular formula is C54H39N. The molecule has 0 heterocycles. The highest BCUT2D eigenvalue weighted by Crippen LogP contribution is 2.44. The van der Waals surface area contributed by atoms with Gasteiger partial charge in [-0.2, -0.15) is 0 Å². The smallest absolute Gasteiger partial charge is 0.0540 e. The highest BCUT2D eigenvalue weighted by Gasteiger charge is 2.24. The number of allylic oxidation sites excluding steroid dienone is 3. The summed E-state index contributed by atoms with van der Waals surface area (Å²) in [5, 5.41) is 7.65. The van der Waals surface area contributed by atoms with Crippen LogP contribution in [-0.2, 0) is 0 Å². The van der Waals surface area contributed by atoms with Crippen LogP contribution in [0.25, 0.3) is 71.3 Å². The molecule has 1 aliphatic carbocycles. The summed E-state index contributed by atoms with van der Waals surface area (Å²) in [6.45, 7) is 0. The molecule has 0 amide bonds. The van der Waals surface area contributed by atoms with E-state index in [9.17, 15) is 0 Å². The molecule has 1 aliphatic rings. The average molecular weight is 702 g/mol. The molecule has 10 rings (SSSR count). The van der Waals surface area contributed by atoms with Crippen molar-refractivity contribution in [1.82, 2.24) is 0 Å². The predicted molar refractivity (Wildman–Crippen MR) is 236 cm³/mol. The molecule has 0 unspecified atom stereocenters. The second-order valence-electron chi connectivity index (χ2n) is 14.4. The van der Waals surface area contributed by atoms with Crippen molar-refractivity contribution >= 4 is 49.3 Å². The van der Waals surface area contributed by atoms with E-state index in [0.29, 0.717) is 0 Å². The van der Waals surface area contributed by atoms with Gasteiger partial charge in [0.1, 0.15) is 0 Å². The highest BCUT2D eigenvalue weighted by molar-refractivity contribution is 6.18. The van der Waals surface area contributed by atoms with E-state index >= 15 is 0 Å². The monoisotopic (exact) mass is 701 g/mol. The van der Waals surface area contributed by atoms with Crippen LogP contribution in [0.3, 0.4) is 0 Å². The topological polar surface area (TPSA) is 3.24 Å². The largest absolute Gasteiger partial charge is 0.310 e. The first-order valence-corrected chi connectivity index (χ1v) is 19.2. The number of benzene rings is 9. The summed E-state index contributed by atoms with van der Waals surface area (Å²) in [6, 6.07) is 73.1. The van der Waals surface area contributed by atoms with Crippen molar-refractivity contribution < 1.29 is 0 Å². The SMILES string of the molecule is C1=C(c2ccccc2)C(N(c2ccc(-c3ccc(-c4ccccc4)cc3)cc2)c2ccccc2-c2ccc3ccc4c5ccccc5ccc4c3c2)=CCC1. The molecule has 0 aliphatic heterocycles. The van der Waals surface area contributed by atoms with Gasteiger partial charge in [0.25, 0.3) is 0 Å². The fourth-order valence-corrected chi connectivity index (χ4v) is 8.35. The third-order valence-electron chi connectivity index (χ3n) is 11.1. The van der Waals surface area contributed by atoms with Gasteiger partial charge >= 0.3 is 0 Å². The van der Waals surface area contributed by atoms with E-state index in [2.05, 4.69) is 217 Å². The summed E-state index contributed by atoms with van der Waals surface area (Å²) in [5.74, 6) is 0. The van der Waals surface area contributed by atoms with Crippen LogP contribution in [-0.4, -0.2) is 0 Å². The Balaban J connectivity index is 1.10. The Morgan fingerprint density at radius 1 is 0.327 bits per heavy atom. The molecule has 55 heavy (non-hydrogen) atoms. The summed E-state index contributed by atoms with van der Waals surface area (Å²) >= 11 is 0. The normalized spacial score (nSPS) is 12.8. The highest BCUT2D eigenvalue weighted by atomic mass is 15.2. The van der Waals surface area contributed by atoms with Crippen molar-refractivity contribution in [2.45, 2.75) is 12.8 Å². The summed E-state index contributed by atoms with van der Waals surface area (Å²) in [6.07, 6.45) is 6.85. The van der Waals surface area contributed by atoms with Crippen LogP contribution in [0.1, 0.15) is 18.4 Å². The Morgan fingerprint density at radius 3 is 1.56 bits per heavy atom. The van der Waals surface area contributed by atoms with Crippen LogP contribution >= 0.6 is 0 Å². The number of fused-ring (bicyclic) bond motifs is 5. The maximum atomic E-state index is 2.48. The van der Waals surface area contributed by atoms with Crippen molar-refractivity contribution in [1.29, 1.82) is 0 Å². The summed E-state index contributed by atoms with van der Waals surface area (Å²) < 4.78 is 0. The van der Waals surface area contributed by atoms with Crippen LogP contribution < -0.4 is 4.90 Å². The lowest BCUT2D eigenvalue weighted by molar-refractivity contribution is 1.00. The molecule has 0 N–H and O–H groups in total. The number of hydrogen-bond acceptors (Lipinski definition) is 1. The molecule has 0 saturated carbocycles. The quantitative estimate of drug-likeness (QED) is 0.150. The third-order valence-corrected chi connectivity index (χ3v) is 11.1. The van der Waals surface area contributed by atoms with Crippen LogP contribution in [0.15, 0.2) is 218 Å². The second-order valence-corrected chi connectivity index (χ2v) is 14.4. The molecule has 9 aromatic carbocycles. The zero-order chi connectivity index (χ0) is 36.6. The van der Waals surface area contributed by atoms with Gasteiger partial charge in [0.15, 0.2) is 0 Å². The average Bonchev–Trinajstić information content (AvgIpc) is 3.27. The van der Waals surface area contributed by atoms with E-state index in [1.807, 2.05) is 0 Å². The molecule has 9 aromatic rings. The molecule has 0 bridgehead atoms. The van der Waals surface area contributed by atoms with Crippen molar-refractivity contribution in [3.05, 3.63) is 224 Å². The first-order chi connectivity index (χ1) is 27.3. The standard InChI is InChI=1S/C54H39N/c1-3-13-38(14-4-1)39-23-25-40(26-24-39)41-29-33-46(34-30-41)55(53-21-11-9-19-48(53)42-15-5-2-6-16-42)54-22-12-10-20-49(54)45-28-27-44-32-35-50-47-18-8-7-17-43(47)31-36-51(50)52(44)37-45/h1-8,10,12-37H,9,11H2. The minimum atomic E-state index is 0.992. The summed E-state index contributed by atoms with van der Waals surface area (Å²) in [7, 11) is 0. The Bertz CT molecular complexity index is 2880. The van der Waals surface area contributed by atoms with Crippen molar-refractivity contribution in [2.24, 2.45) is 0 Å². The fraction of sp³-hybridized carbons (Fsp3) is 0.0370. The van der Waals surface area contributed by atoms with Gasteiger partial charge in [-0.3, -0.25) is 0 Å². The van der Waals surface area contributed by atoms with Gasteiger partial charge in [-0.1, -0.05) is 188 Å². The van der Waals surface area contributed by atoms with E-state index in [4.69, 9.17) is 0 Å². The van der Waals surface area contributed by atoms with Crippen LogP contribution in [0.5, 0.6) is 0 Å². The number of hydrogen-bond donors (Lipinski definition) is 0. The summed E-state index contributed by atoms with van der Waals surface area (Å²) in [5.41, 5.74) is 13.2. The number of nitrogens with zero attached hydrogens (tertiary/aromatic N) is 1. The van der Waals surface area contributed by atoms with E-state index in [0.717, 1.165) is 24.2 Å². The van der Waals surface area contributed by atoms with Crippen LogP contribution in [0.4, 0.5) is 11.4 Å². The molecule has 0 aromatic heterocycles. The molecule has 0 fully saturated rings. The minimum Gasteiger partial charge on any atom is -0.310 e. The maximum Gasteiger partial charge on any atom is 0.0540 e. The van der Waals surface area contributed by atoms with Crippen LogP contribution in [0, 0.1) is 0 Å². The Labute approximate surface area is 322 Å². The lowest BCUT2D eigenvalue weighted by Crippen LogP contribution is -2.20. The van der Waals surface area contributed by atoms with E-state index in [1.165, 1.54) is 82.5 Å². The molecule has 260 valence electrons. The van der Waals surface area contributed by atoms with E-state index in [-0.39, 0.29) is 0 Å². The van der Waals surface area contributed by atoms with Crippen molar-refractivity contribution in [3.63, 3.8) is 0 Å². The van der Waals surface area contributed by atoms with Gasteiger partial charge < -0.3 is 4.90 Å². The number of rotatable bonds is 7. The molecule has 0 radical (unpaired) electrons. The van der Waals surface area contributed by atoms with Gasteiger partial charge in [0.05, 0.1) is 5.69 Å². The first-order valence-electron chi connectivity index (χ1n) is 19.2. The first kappa shape index (κ1) is 32.7. The predicted octanol–water partition coefficient (Wildman–Crippen LogP) is 15.0. The zero-order valence-electron chi connectivity index (χ0n) is 30.6. The van der Waals surface area contributed by atoms with E-state index in [1.54, 1.807) is 0 Å². The number of anilines is 2. The fourth-order valence-electron chi connectivity index (χ4n) is 8.35. The van der Waals surface area contributed by atoms with E-state index < -0.39 is 0 Å². The Hall–Kier alpha value is -6.96. The van der Waals surface area contributed by atoms with Crippen molar-refractivity contribution in [2.75, 3.05) is 4.90 Å². The molecular weight excluding hydrogens is 663 g/mol. The van der Waals surface area contributed by atoms with Gasteiger partial charge in [0, 0.05) is 22.5 Å². The van der Waals surface area contributed by atoms with Gasteiger partial charge in [0.2, 0.25) is 0 Å². The Kier molecular flexibility index (Phi) is 8.39. The lowest BCUT2D eigenvalue weighted by atomic mass is 9.92. The minimum absolute atomic E-state index is 0.992. The van der Waals surface area contributed by atoms with Crippen molar-refractivity contribution in [3.8, 4) is 33.4 Å². The second kappa shape index (κ2) is 14.1. The van der Waals surface area contributed by atoms with Gasteiger partial charge in [-0.05, 0) is 103 Å². The number of para-hydroxylation sites is 1. The molecule has 0 atom stereocenters. The Morgan fingerprint density at radius 2 is 0.836 bits per heavy atom. The van der Waals surface area contributed by atoms with Gasteiger partial charge in [-0.25, -0.2) is 0 Å².